The molecule has 0 spiro atoms. The summed E-state index contributed by atoms with van der Waals surface area (Å²) in [7, 11) is 0. The number of hydrogen-bond acceptors (Lipinski definition) is 2. The van der Waals surface area contributed by atoms with Crippen LogP contribution in [0.1, 0.15) is 47.2 Å². The van der Waals surface area contributed by atoms with Crippen LogP contribution in [0.3, 0.4) is 0 Å². The van der Waals surface area contributed by atoms with E-state index in [0.717, 1.165) is 31.2 Å². The Labute approximate surface area is 144 Å². The zero-order chi connectivity index (χ0) is 15.6. The number of carbonyl (C=O) groups excluding carboxylic acids is 1. The van der Waals surface area contributed by atoms with Gasteiger partial charge in [0, 0.05) is 15.1 Å². The van der Waals surface area contributed by atoms with E-state index in [2.05, 4.69) is 22.6 Å². The number of ketones is 1. The average Bonchev–Trinajstić information content (AvgIpc) is 2.58. The van der Waals surface area contributed by atoms with Crippen molar-refractivity contribution in [2.45, 2.75) is 35.2 Å². The summed E-state index contributed by atoms with van der Waals surface area (Å²) in [5.41, 5.74) is 1.17. The van der Waals surface area contributed by atoms with Gasteiger partial charge in [0.1, 0.15) is 5.60 Å². The molecule has 1 aliphatic carbocycles. The largest absolute Gasteiger partial charge is 0.384 e. The minimum atomic E-state index is -0.903. The van der Waals surface area contributed by atoms with E-state index in [-0.39, 0.29) is 9.71 Å². The van der Waals surface area contributed by atoms with Crippen molar-refractivity contribution in [2.24, 2.45) is 0 Å². The molecule has 0 radical (unpaired) electrons. The smallest absolute Gasteiger partial charge is 0.193 e. The highest BCUT2D eigenvalue weighted by molar-refractivity contribution is 14.1. The van der Waals surface area contributed by atoms with Gasteiger partial charge in [-0.1, -0.05) is 90.0 Å². The number of halogens is 1. The van der Waals surface area contributed by atoms with Gasteiger partial charge in [-0.2, -0.15) is 0 Å². The number of carbonyl (C=O) groups is 1. The van der Waals surface area contributed by atoms with Crippen LogP contribution in [0.2, 0.25) is 0 Å². The lowest BCUT2D eigenvalue weighted by Crippen LogP contribution is -2.39. The molecule has 0 bridgehead atoms. The van der Waals surface area contributed by atoms with Gasteiger partial charge in [-0.3, -0.25) is 4.79 Å². The van der Waals surface area contributed by atoms with Crippen LogP contribution in [0.15, 0.2) is 54.6 Å². The minimum Gasteiger partial charge on any atom is -0.384 e. The summed E-state index contributed by atoms with van der Waals surface area (Å²) in [6.07, 6.45) is 3.86. The molecule has 2 atom stereocenters. The van der Waals surface area contributed by atoms with Gasteiger partial charge in [-0.25, -0.2) is 0 Å². The molecule has 0 saturated heterocycles. The van der Waals surface area contributed by atoms with Crippen LogP contribution in [0, 0.1) is 0 Å². The highest BCUT2D eigenvalue weighted by atomic mass is 127. The zero-order valence-corrected chi connectivity index (χ0v) is 14.5. The topological polar surface area (TPSA) is 37.3 Å². The SMILES string of the molecule is O=C(c1ccccc1)c1ccccc1C1(O)CCCCC1I. The molecule has 0 aliphatic heterocycles. The molecule has 114 valence electrons. The molecule has 1 N–H and O–H groups in total. The predicted octanol–water partition coefficient (Wildman–Crippen LogP) is 4.48. The lowest BCUT2D eigenvalue weighted by molar-refractivity contribution is 0.0104. The second-order valence-electron chi connectivity index (χ2n) is 5.88. The lowest BCUT2D eigenvalue weighted by Gasteiger charge is -2.38. The van der Waals surface area contributed by atoms with Crippen molar-refractivity contribution in [1.29, 1.82) is 0 Å². The first kappa shape index (κ1) is 15.7. The van der Waals surface area contributed by atoms with E-state index in [1.165, 1.54) is 0 Å². The van der Waals surface area contributed by atoms with Gasteiger partial charge in [0.2, 0.25) is 0 Å². The monoisotopic (exact) mass is 406 g/mol. The number of rotatable bonds is 3. The summed E-state index contributed by atoms with van der Waals surface area (Å²) in [6.45, 7) is 0. The van der Waals surface area contributed by atoms with E-state index in [0.29, 0.717) is 11.1 Å². The molecule has 2 aromatic rings. The van der Waals surface area contributed by atoms with Crippen molar-refractivity contribution in [3.8, 4) is 0 Å². The summed E-state index contributed by atoms with van der Waals surface area (Å²) in [4.78, 5) is 12.8. The van der Waals surface area contributed by atoms with Crippen LogP contribution in [-0.2, 0) is 5.60 Å². The predicted molar refractivity (Wildman–Crippen MR) is 96.5 cm³/mol. The fourth-order valence-electron chi connectivity index (χ4n) is 3.22. The molecule has 0 aromatic heterocycles. The number of alkyl halides is 1. The van der Waals surface area contributed by atoms with Crippen molar-refractivity contribution in [3.63, 3.8) is 0 Å². The molecule has 0 amide bonds. The Hall–Kier alpha value is -1.20. The van der Waals surface area contributed by atoms with Gasteiger partial charge in [0.15, 0.2) is 5.78 Å². The maximum absolute atomic E-state index is 12.8. The van der Waals surface area contributed by atoms with Crippen molar-refractivity contribution < 1.29 is 9.90 Å². The molecule has 3 heteroatoms. The summed E-state index contributed by atoms with van der Waals surface area (Å²) in [5.74, 6) is -0.0150. The fraction of sp³-hybridized carbons (Fsp3) is 0.316. The summed E-state index contributed by atoms with van der Waals surface area (Å²) >= 11 is 2.33. The summed E-state index contributed by atoms with van der Waals surface area (Å²) < 4.78 is 0.142. The van der Waals surface area contributed by atoms with E-state index in [1.807, 2.05) is 54.6 Å². The highest BCUT2D eigenvalue weighted by Gasteiger charge is 2.41. The third kappa shape index (κ3) is 2.84. The molecule has 1 aliphatic rings. The van der Waals surface area contributed by atoms with Gasteiger partial charge in [0.25, 0.3) is 0 Å². The molecule has 1 saturated carbocycles. The Morgan fingerprint density at radius 2 is 1.73 bits per heavy atom. The summed E-state index contributed by atoms with van der Waals surface area (Å²) in [5, 5.41) is 11.2. The molecule has 3 rings (SSSR count). The van der Waals surface area contributed by atoms with Crippen LogP contribution in [-0.4, -0.2) is 14.8 Å². The molecule has 2 unspecified atom stereocenters. The molecular weight excluding hydrogens is 387 g/mol. The number of benzene rings is 2. The van der Waals surface area contributed by atoms with E-state index < -0.39 is 5.60 Å². The molecular formula is C19H19IO2. The van der Waals surface area contributed by atoms with Gasteiger partial charge >= 0.3 is 0 Å². The number of aliphatic hydroxyl groups is 1. The van der Waals surface area contributed by atoms with Crippen LogP contribution >= 0.6 is 22.6 Å². The standard InChI is InChI=1S/C19H19IO2/c20-17-12-6-7-13-19(17,22)16-11-5-4-10-15(16)18(21)14-8-2-1-3-9-14/h1-5,8-11,17,22H,6-7,12-13H2. The Bertz CT molecular complexity index is 668. The first-order chi connectivity index (χ1) is 10.6. The molecule has 0 heterocycles. The van der Waals surface area contributed by atoms with E-state index in [9.17, 15) is 9.90 Å². The van der Waals surface area contributed by atoms with Gasteiger partial charge in [-0.15, -0.1) is 0 Å². The first-order valence-corrected chi connectivity index (χ1v) is 8.93. The van der Waals surface area contributed by atoms with Gasteiger partial charge < -0.3 is 5.11 Å². The van der Waals surface area contributed by atoms with Crippen LogP contribution < -0.4 is 0 Å². The molecule has 1 fully saturated rings. The Kier molecular flexibility index (Phi) is 4.64. The average molecular weight is 406 g/mol. The van der Waals surface area contributed by atoms with Crippen LogP contribution in [0.25, 0.3) is 0 Å². The second-order valence-corrected chi connectivity index (χ2v) is 7.38. The van der Waals surface area contributed by atoms with E-state index >= 15 is 0 Å². The normalized spacial score (nSPS) is 24.9. The maximum Gasteiger partial charge on any atom is 0.193 e. The maximum atomic E-state index is 12.8. The first-order valence-electron chi connectivity index (χ1n) is 7.68. The molecule has 2 nitrogen and oxygen atoms in total. The van der Waals surface area contributed by atoms with Crippen LogP contribution in [0.5, 0.6) is 0 Å². The van der Waals surface area contributed by atoms with E-state index in [1.54, 1.807) is 0 Å². The Balaban J connectivity index is 2.05. The van der Waals surface area contributed by atoms with Crippen LogP contribution in [0.4, 0.5) is 0 Å². The van der Waals surface area contributed by atoms with Gasteiger partial charge in [0.05, 0.1) is 0 Å². The molecule has 2 aromatic carbocycles. The van der Waals surface area contributed by atoms with Crippen molar-refractivity contribution in [3.05, 3.63) is 71.3 Å². The Morgan fingerprint density at radius 3 is 2.45 bits per heavy atom. The zero-order valence-electron chi connectivity index (χ0n) is 12.3. The highest BCUT2D eigenvalue weighted by Crippen LogP contribution is 2.43. The van der Waals surface area contributed by atoms with Crippen molar-refractivity contribution >= 4 is 28.4 Å². The second kappa shape index (κ2) is 6.50. The quantitative estimate of drug-likeness (QED) is 0.464. The van der Waals surface area contributed by atoms with Crippen molar-refractivity contribution in [1.82, 2.24) is 0 Å². The Morgan fingerprint density at radius 1 is 1.05 bits per heavy atom. The number of hydrogen-bond donors (Lipinski definition) is 1. The minimum absolute atomic E-state index is 0.0150. The summed E-state index contributed by atoms with van der Waals surface area (Å²) in [6, 6.07) is 16.8. The van der Waals surface area contributed by atoms with Crippen molar-refractivity contribution in [2.75, 3.05) is 0 Å². The van der Waals surface area contributed by atoms with E-state index in [4.69, 9.17) is 0 Å². The third-order valence-corrected chi connectivity index (χ3v) is 6.11. The fourth-order valence-corrected chi connectivity index (χ4v) is 4.31. The molecule has 22 heavy (non-hydrogen) atoms. The third-order valence-electron chi connectivity index (χ3n) is 4.46. The lowest BCUT2D eigenvalue weighted by atomic mass is 9.77. The van der Waals surface area contributed by atoms with Gasteiger partial charge in [-0.05, 0) is 18.4 Å².